The van der Waals surface area contributed by atoms with Gasteiger partial charge in [-0.3, -0.25) is 107 Å². The summed E-state index contributed by atoms with van der Waals surface area (Å²) in [5.41, 5.74) is 26.6. The van der Waals surface area contributed by atoms with Crippen molar-refractivity contribution < 1.29 is 111 Å². The van der Waals surface area contributed by atoms with E-state index in [0.29, 0.717) is 79.0 Å². The second-order valence-electron chi connectivity index (χ2n) is 41.0. The van der Waals surface area contributed by atoms with Crippen LogP contribution in [0.1, 0.15) is 268 Å². The third-order valence-electron chi connectivity index (χ3n) is 27.1. The number of phenols is 1. The molecule has 0 unspecified atom stereocenters. The van der Waals surface area contributed by atoms with Gasteiger partial charge in [-0.2, -0.15) is 0 Å². The topological polar surface area (TPSA) is 674 Å². The summed E-state index contributed by atoms with van der Waals surface area (Å²) in [4.78, 5) is 281. The van der Waals surface area contributed by atoms with Crippen molar-refractivity contribution in [1.29, 1.82) is 0 Å². The van der Waals surface area contributed by atoms with Gasteiger partial charge in [0, 0.05) is 95.3 Å². The number of phenolic OH excluding ortho intramolecular Hbond substituents is 1. The minimum atomic E-state index is -2.18. The Bertz CT molecular complexity index is 5150. The van der Waals surface area contributed by atoms with E-state index in [-0.39, 0.29) is 176 Å². The molecule has 43 nitrogen and oxygen atoms in total. The Hall–Kier alpha value is -11.6. The number of ketones is 13. The summed E-state index contributed by atoms with van der Waals surface area (Å²) in [7, 11) is 0. The number of aromatic nitrogens is 1. The van der Waals surface area contributed by atoms with Crippen LogP contribution >= 0.6 is 0 Å². The molecule has 1 aromatic heterocycles. The zero-order valence-corrected chi connectivity index (χ0v) is 89.8. The minimum absolute atomic E-state index is 0.00295. The number of aliphatic hydroxyl groups is 1. The molecule has 0 bridgehead atoms. The molecule has 150 heavy (non-hydrogen) atoms. The van der Waals surface area contributed by atoms with E-state index in [1.807, 2.05) is 13.8 Å². The fourth-order valence-electron chi connectivity index (χ4n) is 17.1. The van der Waals surface area contributed by atoms with Crippen molar-refractivity contribution in [2.45, 2.75) is 379 Å². The van der Waals surface area contributed by atoms with E-state index in [1.165, 1.54) is 52.0 Å². The van der Waals surface area contributed by atoms with Crippen LogP contribution in [-0.4, -0.2) is 284 Å². The number of nitrogens with two attached hydrogens (primary N) is 2. The second kappa shape index (κ2) is 66.3. The van der Waals surface area contributed by atoms with E-state index in [9.17, 15) is 82.4 Å². The number of nitrogens with one attached hydrogen (secondary N) is 18. The molecule has 0 spiro atoms. The van der Waals surface area contributed by atoms with E-state index < -0.39 is 221 Å². The normalized spacial score (nSPS) is 21.6. The number of aliphatic carboxylic acids is 1. The molecule has 3 aromatic carbocycles. The smallest absolute Gasteiger partial charge is 0.303 e. The van der Waals surface area contributed by atoms with Crippen LogP contribution in [0.4, 0.5) is 0 Å². The lowest BCUT2D eigenvalue weighted by molar-refractivity contribution is -0.145. The van der Waals surface area contributed by atoms with E-state index in [2.05, 4.69) is 96.0 Å². The van der Waals surface area contributed by atoms with Crippen molar-refractivity contribution in [2.75, 3.05) is 39.4 Å². The van der Waals surface area contributed by atoms with Crippen LogP contribution in [0.15, 0.2) is 85.1 Å². The summed E-state index contributed by atoms with van der Waals surface area (Å²) >= 11 is 0. The van der Waals surface area contributed by atoms with Gasteiger partial charge in [0.25, 0.3) is 0 Å². The number of amides is 6. The van der Waals surface area contributed by atoms with Crippen molar-refractivity contribution in [3.8, 4) is 5.75 Å². The maximum atomic E-state index is 15.7. The van der Waals surface area contributed by atoms with E-state index in [1.54, 1.807) is 123 Å². The summed E-state index contributed by atoms with van der Waals surface area (Å²) in [6, 6.07) is 4.28. The monoisotopic (exact) mass is 2100 g/mol. The standard InChI is InChI=1S/C107H166N20O23/c1-62(2)52-82(118-72(13)129)98(143)100(145)97(71(12)128)127-126-85(54-73-30-24-23-25-31-73)105(150)121-107(15)48-29-22-20-18-16-17-19-21-28-47-106(14,94(139)60-114-67(8)90(135)46-51-112-66(7)89(134)45-50-111-65(6)88(133)44-49-110-64(5)86(131)40-41-87(132)68(9)116-61-117-70(11)102(109)147)120-104(149)83(53-63(3)4)124-122-79(38-42-95(108)140)93(138)59-113-69(10)91(136)57-92(137)81(56-75-58-115-78-33-27-26-32-77(75)78)123-125-84(55-74-34-36-76(130)37-35-74)103(148)119-80(39-43-96(141)142)99(144)101(107)146/h23-27,30-37,58,62-71,79-85,97,110-117,122-128,130H,16-22,28-29,38-57,59-61H2,1-15H3,(H2,108,140)(H2,109,147)(H,118,129)(H,119,148)(H,120,149)(H,121,150)(H,141,142)/t64-,65-,66-,67-,68-,69-,70+,71+,79-,80-,81-,82-,83-,84-,85-,97-,106-,107+/m0/s1. The number of para-hydroxylation sites is 1. The van der Waals surface area contributed by atoms with Gasteiger partial charge < -0.3 is 79.6 Å². The van der Waals surface area contributed by atoms with Crippen molar-refractivity contribution >= 4 is 127 Å². The number of Topliss-reactive ketones (excluding diaryl/α,β-unsaturated/α-hetero) is 13. The van der Waals surface area contributed by atoms with Crippen LogP contribution in [0.2, 0.25) is 0 Å². The van der Waals surface area contributed by atoms with Crippen LogP contribution in [0.25, 0.3) is 10.9 Å². The summed E-state index contributed by atoms with van der Waals surface area (Å²) < 4.78 is 0. The van der Waals surface area contributed by atoms with Gasteiger partial charge in [-0.05, 0) is 174 Å². The number of hydrogen-bond acceptors (Lipinski definition) is 35. The number of aromatic amines is 1. The maximum absolute atomic E-state index is 15.7. The maximum Gasteiger partial charge on any atom is 0.303 e. The summed E-state index contributed by atoms with van der Waals surface area (Å²) in [6.45, 7) is 23.4. The molecule has 18 atom stereocenters. The molecule has 0 aliphatic carbocycles. The van der Waals surface area contributed by atoms with Gasteiger partial charge in [0.05, 0.1) is 97.6 Å². The number of hydrogen-bond donors (Lipinski definition) is 23. The number of carbonyl (C=O) groups is 20. The van der Waals surface area contributed by atoms with Gasteiger partial charge in [0.1, 0.15) is 47.0 Å². The lowest BCUT2D eigenvalue weighted by Gasteiger charge is -2.33. The number of H-pyrrole nitrogens is 1. The number of hydrazine groups is 3. The summed E-state index contributed by atoms with van der Waals surface area (Å²) in [5.74, 6) is -14.9. The second-order valence-corrected chi connectivity index (χ2v) is 41.0. The largest absolute Gasteiger partial charge is 0.508 e. The molecule has 1 fully saturated rings. The molecule has 6 amide bonds. The average molecular weight is 2100 g/mol. The first-order chi connectivity index (χ1) is 70.8. The van der Waals surface area contributed by atoms with Gasteiger partial charge in [0.15, 0.2) is 40.5 Å². The van der Waals surface area contributed by atoms with Gasteiger partial charge in [-0.25, -0.2) is 32.6 Å². The highest BCUT2D eigenvalue weighted by Gasteiger charge is 2.45. The molecular formula is C107H166N20O23. The molecule has 25 N–H and O–H groups in total. The van der Waals surface area contributed by atoms with E-state index in [0.717, 1.165) is 0 Å². The van der Waals surface area contributed by atoms with Gasteiger partial charge in [-0.1, -0.05) is 146 Å². The fraction of sp³-hybridized carbons (Fsp3) is 0.626. The van der Waals surface area contributed by atoms with Crippen molar-refractivity contribution in [1.82, 2.24) is 96.0 Å². The molecule has 43 heteroatoms. The molecule has 5 rings (SSSR count). The number of rotatable bonds is 55. The lowest BCUT2D eigenvalue weighted by atomic mass is 9.84. The molecule has 832 valence electrons. The van der Waals surface area contributed by atoms with Crippen LogP contribution < -0.4 is 103 Å². The number of benzene rings is 3. The van der Waals surface area contributed by atoms with Crippen LogP contribution in [0.5, 0.6) is 5.75 Å². The number of fused-ring (bicyclic) bond motifs is 1. The zero-order chi connectivity index (χ0) is 112. The van der Waals surface area contributed by atoms with Crippen molar-refractivity contribution in [2.24, 2.45) is 23.3 Å². The number of carbonyl (C=O) groups excluding carboxylic acids is 19. The van der Waals surface area contributed by atoms with Crippen molar-refractivity contribution in [3.63, 3.8) is 0 Å². The zero-order valence-electron chi connectivity index (χ0n) is 89.8. The molecular weight excluding hydrogens is 1930 g/mol. The third-order valence-corrected chi connectivity index (χ3v) is 27.1. The molecule has 1 aliphatic rings. The highest BCUT2D eigenvalue weighted by molar-refractivity contribution is 6.43. The molecule has 2 heterocycles. The minimum Gasteiger partial charge on any atom is -0.508 e. The number of primary amides is 2. The highest BCUT2D eigenvalue weighted by Crippen LogP contribution is 2.26. The Morgan fingerprint density at radius 1 is 0.500 bits per heavy atom. The first-order valence-electron chi connectivity index (χ1n) is 52.5. The quantitative estimate of drug-likeness (QED) is 0.0130. The summed E-state index contributed by atoms with van der Waals surface area (Å²) in [6.07, 6.45) is 1.57. The van der Waals surface area contributed by atoms with E-state index in [4.69, 9.17) is 11.5 Å². The fourth-order valence-corrected chi connectivity index (χ4v) is 17.1. The van der Waals surface area contributed by atoms with Gasteiger partial charge in [0.2, 0.25) is 58.6 Å². The Morgan fingerprint density at radius 3 is 1.56 bits per heavy atom. The van der Waals surface area contributed by atoms with Crippen molar-refractivity contribution in [3.05, 3.63) is 102 Å². The average Bonchev–Trinajstić information content (AvgIpc) is 1.39. The SMILES string of the molecule is CC(=O)N[C@@H](CC(C)C)C(=O)C(=O)[C@@H](NN[C@@H](Cc1ccccc1)C(=O)N[C@]1(C)CCCCCCCCCCC[C@@](C)(C(=O)CN[C@@H](C)C(=O)CCN[C@@H](C)C(=O)CCN[C@@H](C)C(=O)CCN[C@@H](C)C(=O)CCC(=O)[C@H](C)NCN[C@H](C)C(N)=O)NC(=O)[C@H](CC(C)C)NN[C@@H](CCC(N)=O)C(=O)CN[C@@H](C)C(=O)CC(=O)[C@H](Cc2c[nH]c3ccccc23)NN[C@@H](Cc2ccc(O)cc2)C(=O)N[C@@H](CCC(=O)O)C(=O)C1=O)[C@@H](C)O. The molecule has 4 aromatic rings. The predicted octanol–water partition coefficient (Wildman–Crippen LogP) is 2.07. The molecule has 0 saturated carbocycles. The third kappa shape index (κ3) is 46.3. The van der Waals surface area contributed by atoms with Crippen LogP contribution in [0, 0.1) is 11.8 Å². The van der Waals surface area contributed by atoms with Gasteiger partial charge >= 0.3 is 5.97 Å². The number of aromatic hydroxyl groups is 1. The molecule has 0 radical (unpaired) electrons. The predicted molar refractivity (Wildman–Crippen MR) is 564 cm³/mol. The first-order valence-corrected chi connectivity index (χ1v) is 52.5. The number of aliphatic hydroxyl groups excluding tert-OH is 1. The Kier molecular flexibility index (Phi) is 57.0. The van der Waals surface area contributed by atoms with Crippen LogP contribution in [-0.2, 0) is 115 Å². The number of carboxylic acids is 1. The molecule has 1 aliphatic heterocycles. The Balaban J connectivity index is 1.44. The Labute approximate surface area is 879 Å². The first kappa shape index (κ1) is 129. The van der Waals surface area contributed by atoms with Crippen LogP contribution in [0.3, 0.4) is 0 Å². The number of carboxylic acid groups (broad SMARTS) is 1. The highest BCUT2D eigenvalue weighted by atomic mass is 16.4. The molecule has 1 saturated heterocycles. The lowest BCUT2D eigenvalue weighted by Crippen LogP contribution is -2.65. The van der Waals surface area contributed by atoms with Gasteiger partial charge in [-0.15, -0.1) is 0 Å². The summed E-state index contributed by atoms with van der Waals surface area (Å²) in [5, 5.41) is 64.3. The Morgan fingerprint density at radius 2 is 1.01 bits per heavy atom. The van der Waals surface area contributed by atoms with E-state index >= 15 is 28.8 Å².